The molecule has 0 bridgehead atoms. The molecule has 2 aromatic heterocycles. The number of hydrogen-bond donors (Lipinski definition) is 1. The SMILES string of the molecule is CCCCc1nc2ccc(N(CC)C(=O)OCC)nc2n1Cc1ccc(-c2ccccc2C(=O)O)cc1. The molecule has 0 saturated heterocycles. The van der Waals surface area contributed by atoms with Gasteiger partial charge in [0.2, 0.25) is 0 Å². The summed E-state index contributed by atoms with van der Waals surface area (Å²) in [7, 11) is 0. The Balaban J connectivity index is 1.70. The highest BCUT2D eigenvalue weighted by atomic mass is 16.6. The number of carboxylic acids is 1. The normalized spacial score (nSPS) is 11.0. The largest absolute Gasteiger partial charge is 0.478 e. The number of unbranched alkanes of at least 4 members (excludes halogenated alkanes) is 1. The highest BCUT2D eigenvalue weighted by Gasteiger charge is 2.19. The monoisotopic (exact) mass is 500 g/mol. The number of fused-ring (bicyclic) bond motifs is 1. The summed E-state index contributed by atoms with van der Waals surface area (Å²) in [6.45, 7) is 7.10. The molecule has 8 heteroatoms. The zero-order valence-corrected chi connectivity index (χ0v) is 21.5. The van der Waals surface area contributed by atoms with Crippen molar-refractivity contribution in [3.05, 3.63) is 77.6 Å². The summed E-state index contributed by atoms with van der Waals surface area (Å²) in [5.74, 6) is 0.522. The average molecular weight is 501 g/mol. The van der Waals surface area contributed by atoms with Crippen LogP contribution in [0.3, 0.4) is 0 Å². The number of rotatable bonds is 10. The maximum Gasteiger partial charge on any atom is 0.415 e. The van der Waals surface area contributed by atoms with Crippen molar-refractivity contribution in [1.82, 2.24) is 14.5 Å². The van der Waals surface area contributed by atoms with E-state index in [9.17, 15) is 14.7 Å². The van der Waals surface area contributed by atoms with Gasteiger partial charge in [-0.15, -0.1) is 0 Å². The molecule has 8 nitrogen and oxygen atoms in total. The van der Waals surface area contributed by atoms with Crippen molar-refractivity contribution in [3.63, 3.8) is 0 Å². The second-order valence-electron chi connectivity index (χ2n) is 8.72. The number of anilines is 1. The Morgan fingerprint density at radius 3 is 2.41 bits per heavy atom. The summed E-state index contributed by atoms with van der Waals surface area (Å²) in [5, 5.41) is 9.55. The van der Waals surface area contributed by atoms with Crippen LogP contribution < -0.4 is 4.90 Å². The molecule has 0 atom stereocenters. The number of carbonyl (C=O) groups excluding carboxylic acids is 1. The van der Waals surface area contributed by atoms with Crippen molar-refractivity contribution in [2.45, 2.75) is 46.6 Å². The van der Waals surface area contributed by atoms with Gasteiger partial charge in [-0.2, -0.15) is 0 Å². The lowest BCUT2D eigenvalue weighted by atomic mass is 9.99. The number of amides is 1. The number of nitrogens with zero attached hydrogens (tertiary/aromatic N) is 4. The predicted molar refractivity (Wildman–Crippen MR) is 144 cm³/mol. The van der Waals surface area contributed by atoms with E-state index >= 15 is 0 Å². The van der Waals surface area contributed by atoms with Crippen molar-refractivity contribution in [3.8, 4) is 11.1 Å². The fraction of sp³-hybridized carbons (Fsp3) is 0.310. The van der Waals surface area contributed by atoms with E-state index in [4.69, 9.17) is 14.7 Å². The van der Waals surface area contributed by atoms with Gasteiger partial charge in [-0.3, -0.25) is 4.90 Å². The van der Waals surface area contributed by atoms with Crippen LogP contribution >= 0.6 is 0 Å². The van der Waals surface area contributed by atoms with E-state index < -0.39 is 12.1 Å². The van der Waals surface area contributed by atoms with E-state index in [0.29, 0.717) is 36.7 Å². The van der Waals surface area contributed by atoms with Gasteiger partial charge < -0.3 is 14.4 Å². The molecule has 2 aromatic carbocycles. The van der Waals surface area contributed by atoms with Gasteiger partial charge in [-0.1, -0.05) is 55.8 Å². The van der Waals surface area contributed by atoms with Gasteiger partial charge in [-0.05, 0) is 55.2 Å². The molecule has 0 aliphatic heterocycles. The average Bonchev–Trinajstić information content (AvgIpc) is 3.25. The molecular formula is C29H32N4O4. The summed E-state index contributed by atoms with van der Waals surface area (Å²) in [6.07, 6.45) is 2.45. The predicted octanol–water partition coefficient (Wildman–Crippen LogP) is 6.17. The number of carbonyl (C=O) groups is 2. The minimum Gasteiger partial charge on any atom is -0.478 e. The second kappa shape index (κ2) is 11.7. The third-order valence-corrected chi connectivity index (χ3v) is 6.25. The van der Waals surface area contributed by atoms with Crippen molar-refractivity contribution in [2.24, 2.45) is 0 Å². The van der Waals surface area contributed by atoms with Gasteiger partial charge in [0.05, 0.1) is 18.7 Å². The number of hydrogen-bond acceptors (Lipinski definition) is 5. The third-order valence-electron chi connectivity index (χ3n) is 6.25. The van der Waals surface area contributed by atoms with Crippen LogP contribution in [0.15, 0.2) is 60.7 Å². The fourth-order valence-corrected chi connectivity index (χ4v) is 4.36. The van der Waals surface area contributed by atoms with Gasteiger partial charge in [0, 0.05) is 13.0 Å². The minimum absolute atomic E-state index is 0.275. The first-order valence-corrected chi connectivity index (χ1v) is 12.7. The van der Waals surface area contributed by atoms with Gasteiger partial charge >= 0.3 is 12.1 Å². The van der Waals surface area contributed by atoms with E-state index in [1.807, 2.05) is 49.4 Å². The van der Waals surface area contributed by atoms with Crippen molar-refractivity contribution >= 4 is 29.0 Å². The van der Waals surface area contributed by atoms with Crippen LogP contribution in [0, 0.1) is 0 Å². The molecular weight excluding hydrogens is 468 g/mol. The Morgan fingerprint density at radius 1 is 0.973 bits per heavy atom. The summed E-state index contributed by atoms with van der Waals surface area (Å²) in [5.41, 5.74) is 4.34. The van der Waals surface area contributed by atoms with E-state index in [2.05, 4.69) is 11.5 Å². The van der Waals surface area contributed by atoms with Crippen LogP contribution in [0.2, 0.25) is 0 Å². The highest BCUT2D eigenvalue weighted by Crippen LogP contribution is 2.26. The maximum atomic E-state index is 12.5. The molecule has 192 valence electrons. The molecule has 1 amide bonds. The summed E-state index contributed by atoms with van der Waals surface area (Å²) in [4.78, 5) is 35.3. The topological polar surface area (TPSA) is 97.6 Å². The van der Waals surface area contributed by atoms with Crippen LogP contribution in [-0.2, 0) is 17.7 Å². The minimum atomic E-state index is -0.948. The van der Waals surface area contributed by atoms with Gasteiger partial charge in [0.25, 0.3) is 0 Å². The number of ether oxygens (including phenoxy) is 1. The number of imidazole rings is 1. The number of benzene rings is 2. The van der Waals surface area contributed by atoms with Crippen LogP contribution in [0.1, 0.15) is 55.4 Å². The second-order valence-corrected chi connectivity index (χ2v) is 8.72. The molecule has 2 heterocycles. The number of aromatic nitrogens is 3. The van der Waals surface area contributed by atoms with Gasteiger partial charge in [0.15, 0.2) is 5.65 Å². The molecule has 0 spiro atoms. The Bertz CT molecular complexity index is 1400. The first-order chi connectivity index (χ1) is 18.0. The molecule has 4 aromatic rings. The molecule has 4 rings (SSSR count). The molecule has 0 aliphatic carbocycles. The molecule has 1 N–H and O–H groups in total. The van der Waals surface area contributed by atoms with E-state index in [1.165, 1.54) is 4.90 Å². The van der Waals surface area contributed by atoms with Gasteiger partial charge in [-0.25, -0.2) is 19.6 Å². The van der Waals surface area contributed by atoms with Crippen LogP contribution in [0.5, 0.6) is 0 Å². The zero-order valence-electron chi connectivity index (χ0n) is 21.5. The van der Waals surface area contributed by atoms with E-state index in [0.717, 1.165) is 41.7 Å². The van der Waals surface area contributed by atoms with Crippen molar-refractivity contribution < 1.29 is 19.4 Å². The van der Waals surface area contributed by atoms with Crippen LogP contribution in [-0.4, -0.2) is 44.9 Å². The molecule has 0 saturated carbocycles. The maximum absolute atomic E-state index is 12.5. The number of aryl methyl sites for hydroxylation is 1. The summed E-state index contributed by atoms with van der Waals surface area (Å²) >= 11 is 0. The molecule has 0 radical (unpaired) electrons. The Labute approximate surface area is 216 Å². The Morgan fingerprint density at radius 2 is 1.73 bits per heavy atom. The van der Waals surface area contributed by atoms with E-state index in [-0.39, 0.29) is 5.56 Å². The van der Waals surface area contributed by atoms with Crippen molar-refractivity contribution in [1.29, 1.82) is 0 Å². The lowest BCUT2D eigenvalue weighted by molar-refractivity contribution is 0.0697. The smallest absolute Gasteiger partial charge is 0.415 e. The molecule has 0 unspecified atom stereocenters. The Hall–Kier alpha value is -4.20. The number of aromatic carboxylic acids is 1. The van der Waals surface area contributed by atoms with Crippen LogP contribution in [0.25, 0.3) is 22.3 Å². The lowest BCUT2D eigenvalue weighted by Crippen LogP contribution is -2.32. The quantitative estimate of drug-likeness (QED) is 0.280. The molecule has 37 heavy (non-hydrogen) atoms. The number of pyridine rings is 1. The fourth-order valence-electron chi connectivity index (χ4n) is 4.36. The molecule has 0 aliphatic rings. The third kappa shape index (κ3) is 5.63. The number of carboxylic acid groups (broad SMARTS) is 1. The first kappa shape index (κ1) is 25.9. The van der Waals surface area contributed by atoms with E-state index in [1.54, 1.807) is 25.1 Å². The Kier molecular flexibility index (Phi) is 8.18. The first-order valence-electron chi connectivity index (χ1n) is 12.7. The van der Waals surface area contributed by atoms with Gasteiger partial charge in [0.1, 0.15) is 17.2 Å². The lowest BCUT2D eigenvalue weighted by Gasteiger charge is -2.19. The van der Waals surface area contributed by atoms with Crippen LogP contribution in [0.4, 0.5) is 10.6 Å². The van der Waals surface area contributed by atoms with Crippen molar-refractivity contribution in [2.75, 3.05) is 18.1 Å². The molecule has 0 fully saturated rings. The zero-order chi connectivity index (χ0) is 26.4. The highest BCUT2D eigenvalue weighted by molar-refractivity contribution is 5.96. The standard InChI is InChI=1S/C29H32N4O4/c1-4-7-12-25-30-24-17-18-26(32(5-2)29(36)37-6-3)31-27(24)33(25)19-20-13-15-21(16-14-20)22-10-8-9-11-23(22)28(34)35/h8-11,13-18H,4-7,12,19H2,1-3H3,(H,34,35). The summed E-state index contributed by atoms with van der Waals surface area (Å²) in [6, 6.07) is 18.6. The summed E-state index contributed by atoms with van der Waals surface area (Å²) < 4.78 is 7.31.